The fraction of sp³-hybridized carbons (Fsp3) is 0.667. The number of benzene rings is 1. The summed E-state index contributed by atoms with van der Waals surface area (Å²) < 4.78 is 42.5. The molecule has 10 nitrogen and oxygen atoms in total. The molecule has 5 aliphatic rings. The molecule has 5 atom stereocenters. The third kappa shape index (κ3) is 6.98. The molecule has 0 saturated heterocycles. The number of para-hydroxylation sites is 1. The summed E-state index contributed by atoms with van der Waals surface area (Å²) in [5.74, 6) is 2.29. The molecule has 234 valence electrons. The number of nitrogens with one attached hydrogen (secondary N) is 3. The minimum absolute atomic E-state index is 0.0455. The van der Waals surface area contributed by atoms with E-state index in [0.717, 1.165) is 57.7 Å². The number of aliphatic hydroxyl groups excluding tert-OH is 1. The Labute approximate surface area is 248 Å². The zero-order valence-corrected chi connectivity index (χ0v) is 24.0. The summed E-state index contributed by atoms with van der Waals surface area (Å²) >= 11 is 0. The minimum atomic E-state index is -4.83. The lowest BCUT2D eigenvalue weighted by molar-refractivity contribution is -0.384. The van der Waals surface area contributed by atoms with Gasteiger partial charge >= 0.3 is 12.0 Å². The molecule has 7 rings (SSSR count). The van der Waals surface area contributed by atoms with Crippen molar-refractivity contribution in [1.29, 1.82) is 0 Å². The summed E-state index contributed by atoms with van der Waals surface area (Å²) in [6.45, 7) is 1.52. The van der Waals surface area contributed by atoms with Crippen molar-refractivity contribution in [3.63, 3.8) is 0 Å². The van der Waals surface area contributed by atoms with Crippen LogP contribution in [0.3, 0.4) is 0 Å². The first-order valence-electron chi connectivity index (χ1n) is 15.3. The van der Waals surface area contributed by atoms with E-state index in [-0.39, 0.29) is 46.8 Å². The van der Waals surface area contributed by atoms with Gasteiger partial charge in [0.1, 0.15) is 11.9 Å². The van der Waals surface area contributed by atoms with Crippen molar-refractivity contribution in [2.75, 3.05) is 23.7 Å². The van der Waals surface area contributed by atoms with E-state index in [1.807, 2.05) is 0 Å². The molecule has 1 unspecified atom stereocenters. The fourth-order valence-corrected chi connectivity index (χ4v) is 8.44. The zero-order chi connectivity index (χ0) is 30.2. The van der Waals surface area contributed by atoms with Gasteiger partial charge in [0.05, 0.1) is 11.0 Å². The smallest absolute Gasteiger partial charge is 0.405 e. The molecule has 2 aromatic rings. The van der Waals surface area contributed by atoms with Gasteiger partial charge in [-0.25, -0.2) is 4.98 Å². The van der Waals surface area contributed by atoms with Crippen LogP contribution in [-0.2, 0) is 6.54 Å². The molecule has 0 aliphatic heterocycles. The lowest BCUT2D eigenvalue weighted by Crippen LogP contribution is -2.60. The Hall–Kier alpha value is -3.19. The predicted octanol–water partition coefficient (Wildman–Crippen LogP) is 5.64. The Morgan fingerprint density at radius 2 is 1.79 bits per heavy atom. The van der Waals surface area contributed by atoms with Crippen LogP contribution < -0.4 is 20.7 Å². The Balaban J connectivity index is 1.10. The largest absolute Gasteiger partial charge is 0.573 e. The topological polar surface area (TPSA) is 134 Å². The van der Waals surface area contributed by atoms with Crippen LogP contribution in [0.1, 0.15) is 63.4 Å². The van der Waals surface area contributed by atoms with E-state index in [1.165, 1.54) is 31.0 Å². The van der Waals surface area contributed by atoms with Gasteiger partial charge in [0.25, 0.3) is 0 Å². The number of aromatic nitrogens is 2. The maximum atomic E-state index is 12.8. The van der Waals surface area contributed by atoms with Gasteiger partial charge in [-0.2, -0.15) is 4.98 Å². The summed E-state index contributed by atoms with van der Waals surface area (Å²) in [5, 5.41) is 31.7. The number of ether oxygens (including phenoxy) is 1. The average molecular weight is 605 g/mol. The molecule has 0 spiro atoms. The Bertz CT molecular complexity index is 1290. The van der Waals surface area contributed by atoms with Crippen LogP contribution >= 0.6 is 0 Å². The van der Waals surface area contributed by atoms with E-state index < -0.39 is 11.3 Å². The maximum Gasteiger partial charge on any atom is 0.573 e. The number of nitro groups is 1. The van der Waals surface area contributed by atoms with Gasteiger partial charge < -0.3 is 25.8 Å². The summed E-state index contributed by atoms with van der Waals surface area (Å²) in [7, 11) is 0. The quantitative estimate of drug-likeness (QED) is 0.190. The zero-order valence-electron chi connectivity index (χ0n) is 24.0. The van der Waals surface area contributed by atoms with Gasteiger partial charge in [-0.05, 0) is 99.5 Å². The number of rotatable bonds is 11. The average Bonchev–Trinajstić information content (AvgIpc) is 2.95. The van der Waals surface area contributed by atoms with Crippen molar-refractivity contribution in [2.24, 2.45) is 29.1 Å². The number of anilines is 2. The molecule has 5 saturated carbocycles. The molecule has 5 fully saturated rings. The number of hydrogen-bond donors (Lipinski definition) is 4. The molecule has 4 N–H and O–H groups in total. The third-order valence-electron chi connectivity index (χ3n) is 10.1. The first-order valence-corrected chi connectivity index (χ1v) is 15.3. The molecule has 0 amide bonds. The van der Waals surface area contributed by atoms with Crippen LogP contribution in [0.2, 0.25) is 0 Å². The van der Waals surface area contributed by atoms with Gasteiger partial charge in [0.15, 0.2) is 0 Å². The van der Waals surface area contributed by atoms with E-state index >= 15 is 0 Å². The van der Waals surface area contributed by atoms with E-state index in [9.17, 15) is 28.4 Å². The molecule has 1 aromatic heterocycles. The fourth-order valence-electron chi connectivity index (χ4n) is 8.44. The number of nitrogens with zero attached hydrogens (tertiary/aromatic N) is 3. The predicted molar refractivity (Wildman–Crippen MR) is 153 cm³/mol. The molecule has 43 heavy (non-hydrogen) atoms. The highest BCUT2D eigenvalue weighted by Gasteiger charge is 2.55. The second kappa shape index (κ2) is 12.1. The van der Waals surface area contributed by atoms with Crippen LogP contribution in [0.5, 0.6) is 5.75 Å². The Kier molecular flexibility index (Phi) is 8.38. The van der Waals surface area contributed by atoms with Crippen molar-refractivity contribution in [3.05, 3.63) is 46.1 Å². The maximum absolute atomic E-state index is 12.8. The first-order chi connectivity index (χ1) is 20.6. The normalized spacial score (nSPS) is 31.5. The van der Waals surface area contributed by atoms with Gasteiger partial charge in [0.2, 0.25) is 11.8 Å². The van der Waals surface area contributed by atoms with Gasteiger partial charge in [-0.1, -0.05) is 18.2 Å². The molecule has 0 radical (unpaired) electrons. The van der Waals surface area contributed by atoms with Crippen LogP contribution in [0.4, 0.5) is 30.6 Å². The van der Waals surface area contributed by atoms with Crippen LogP contribution in [0, 0.1) is 39.2 Å². The SMILES string of the molecule is O=[N+]([O-])c1cnc(NCc2ccccc2OC(F)(F)F)nc1NC[C@]12CC3C[C@H](C1)[C@@H](NC[C@H]1CC[C@H](O)CC1)[C@@H](C3)C2. The van der Waals surface area contributed by atoms with Crippen molar-refractivity contribution >= 4 is 17.5 Å². The standard InChI is InChI=1S/C30H39F3N6O4/c31-30(32,33)43-25-4-2-1-3-20(25)15-35-28-36-16-24(39(41)42)27(38-28)37-17-29-11-19-9-21(12-29)26(22(10-19)13-29)34-14-18-5-7-23(40)8-6-18/h1-4,16,18-19,21-23,26,34,40H,5-15,17H2,(H2,35,36,37,38)/t18-,19?,21-,22+,23-,26-,29-. The summed E-state index contributed by atoms with van der Waals surface area (Å²) in [6.07, 6.45) is 5.77. The second-order valence-electron chi connectivity index (χ2n) is 13.1. The highest BCUT2D eigenvalue weighted by atomic mass is 19.4. The number of hydrogen-bond acceptors (Lipinski definition) is 9. The molecule has 13 heteroatoms. The Morgan fingerprint density at radius 1 is 1.07 bits per heavy atom. The highest BCUT2D eigenvalue weighted by Crippen LogP contribution is 2.60. The van der Waals surface area contributed by atoms with E-state index in [4.69, 9.17) is 0 Å². The van der Waals surface area contributed by atoms with Gasteiger partial charge in [-0.3, -0.25) is 10.1 Å². The summed E-state index contributed by atoms with van der Waals surface area (Å²) in [4.78, 5) is 19.7. The number of alkyl halides is 3. The molecule has 1 aromatic carbocycles. The monoisotopic (exact) mass is 604 g/mol. The molecule has 5 aliphatic carbocycles. The van der Waals surface area contributed by atoms with E-state index in [0.29, 0.717) is 36.3 Å². The molecule has 4 bridgehead atoms. The first kappa shape index (κ1) is 29.9. The van der Waals surface area contributed by atoms with Crippen molar-refractivity contribution in [2.45, 2.75) is 82.8 Å². The lowest BCUT2D eigenvalue weighted by atomic mass is 9.48. The number of aliphatic hydroxyl groups is 1. The van der Waals surface area contributed by atoms with E-state index in [1.54, 1.807) is 6.07 Å². The molecule has 1 heterocycles. The van der Waals surface area contributed by atoms with Crippen molar-refractivity contribution in [1.82, 2.24) is 15.3 Å². The van der Waals surface area contributed by atoms with Crippen LogP contribution in [-0.4, -0.2) is 51.6 Å². The van der Waals surface area contributed by atoms with Gasteiger partial charge in [-0.15, -0.1) is 13.2 Å². The highest BCUT2D eigenvalue weighted by molar-refractivity contribution is 5.57. The summed E-state index contributed by atoms with van der Waals surface area (Å²) in [6, 6.07) is 6.26. The number of halogens is 3. The van der Waals surface area contributed by atoms with Crippen LogP contribution in [0.25, 0.3) is 0 Å². The van der Waals surface area contributed by atoms with Gasteiger partial charge in [0, 0.05) is 24.7 Å². The second-order valence-corrected chi connectivity index (χ2v) is 13.1. The lowest BCUT2D eigenvalue weighted by Gasteiger charge is -2.60. The molecular weight excluding hydrogens is 565 g/mol. The molecular formula is C30H39F3N6O4. The van der Waals surface area contributed by atoms with Crippen molar-refractivity contribution < 1.29 is 27.9 Å². The van der Waals surface area contributed by atoms with Crippen molar-refractivity contribution in [3.8, 4) is 5.75 Å². The summed E-state index contributed by atoms with van der Waals surface area (Å²) in [5.41, 5.74) is 0.0477. The minimum Gasteiger partial charge on any atom is -0.405 e. The third-order valence-corrected chi connectivity index (χ3v) is 10.1. The van der Waals surface area contributed by atoms with E-state index in [2.05, 4.69) is 30.7 Å². The Morgan fingerprint density at radius 3 is 2.49 bits per heavy atom. The van der Waals surface area contributed by atoms with Crippen LogP contribution in [0.15, 0.2) is 30.5 Å².